The van der Waals surface area contributed by atoms with Gasteiger partial charge >= 0.3 is 0 Å². The molecule has 142 valence electrons. The molecule has 0 spiro atoms. The molecule has 0 saturated carbocycles. The normalized spacial score (nSPS) is 11.6. The molecular weight excluding hydrogens is 376 g/mol. The molecule has 0 radical (unpaired) electrons. The van der Waals surface area contributed by atoms with Gasteiger partial charge in [-0.2, -0.15) is 0 Å². The number of ether oxygens (including phenoxy) is 1. The summed E-state index contributed by atoms with van der Waals surface area (Å²) in [6.07, 6.45) is 0. The summed E-state index contributed by atoms with van der Waals surface area (Å²) in [5.74, 6) is 0.580. The fraction of sp³-hybridized carbons (Fsp3) is 0.0952. The van der Waals surface area contributed by atoms with Crippen LogP contribution < -0.4 is 15.0 Å². The highest BCUT2D eigenvalue weighted by Crippen LogP contribution is 2.29. The van der Waals surface area contributed by atoms with E-state index in [4.69, 9.17) is 4.74 Å². The molecule has 0 aliphatic carbocycles. The van der Waals surface area contributed by atoms with Crippen molar-refractivity contribution in [2.75, 3.05) is 11.8 Å². The SMILES string of the molecule is COc1ccc(S(=O)(=O)Nc2cc3c(cc2C)[nH]c(=O)c2ccccc23)cc1. The van der Waals surface area contributed by atoms with Crippen LogP contribution >= 0.6 is 0 Å². The van der Waals surface area contributed by atoms with Crippen molar-refractivity contribution in [3.05, 3.63) is 76.6 Å². The van der Waals surface area contributed by atoms with Crippen molar-refractivity contribution in [2.45, 2.75) is 11.8 Å². The first-order valence-electron chi connectivity index (χ1n) is 8.61. The fourth-order valence-electron chi connectivity index (χ4n) is 3.21. The summed E-state index contributed by atoms with van der Waals surface area (Å²) < 4.78 is 33.3. The van der Waals surface area contributed by atoms with Gasteiger partial charge in [-0.25, -0.2) is 8.42 Å². The topological polar surface area (TPSA) is 88.3 Å². The summed E-state index contributed by atoms with van der Waals surface area (Å²) in [5, 5.41) is 2.10. The van der Waals surface area contributed by atoms with Crippen molar-refractivity contribution in [3.8, 4) is 5.75 Å². The third-order valence-corrected chi connectivity index (χ3v) is 6.07. The lowest BCUT2D eigenvalue weighted by atomic mass is 10.0. The molecule has 1 heterocycles. The molecule has 0 bridgehead atoms. The second-order valence-electron chi connectivity index (χ2n) is 6.49. The number of rotatable bonds is 4. The van der Waals surface area contributed by atoms with Gasteiger partial charge in [-0.1, -0.05) is 18.2 Å². The van der Waals surface area contributed by atoms with Gasteiger partial charge in [-0.3, -0.25) is 9.52 Å². The number of sulfonamides is 1. The van der Waals surface area contributed by atoms with Crippen molar-refractivity contribution in [2.24, 2.45) is 0 Å². The third kappa shape index (κ3) is 3.10. The van der Waals surface area contributed by atoms with Gasteiger partial charge in [-0.15, -0.1) is 0 Å². The molecule has 0 saturated heterocycles. The maximum atomic E-state index is 12.8. The minimum Gasteiger partial charge on any atom is -0.497 e. The highest BCUT2D eigenvalue weighted by molar-refractivity contribution is 7.92. The number of hydrogen-bond donors (Lipinski definition) is 2. The van der Waals surface area contributed by atoms with E-state index in [1.807, 2.05) is 12.1 Å². The zero-order valence-corrected chi connectivity index (χ0v) is 16.1. The summed E-state index contributed by atoms with van der Waals surface area (Å²) in [5.41, 5.74) is 1.65. The van der Waals surface area contributed by atoms with Crippen LogP contribution in [0.4, 0.5) is 5.69 Å². The molecule has 28 heavy (non-hydrogen) atoms. The summed E-state index contributed by atoms with van der Waals surface area (Å²) in [6.45, 7) is 1.79. The predicted molar refractivity (Wildman–Crippen MR) is 111 cm³/mol. The monoisotopic (exact) mass is 394 g/mol. The Labute approximate surface area is 161 Å². The van der Waals surface area contributed by atoms with Gasteiger partial charge < -0.3 is 9.72 Å². The van der Waals surface area contributed by atoms with Crippen molar-refractivity contribution >= 4 is 37.4 Å². The van der Waals surface area contributed by atoms with Crippen molar-refractivity contribution < 1.29 is 13.2 Å². The Morgan fingerprint density at radius 2 is 1.61 bits per heavy atom. The van der Waals surface area contributed by atoms with Gasteiger partial charge in [0, 0.05) is 16.3 Å². The van der Waals surface area contributed by atoms with Crippen LogP contribution in [0.15, 0.2) is 70.4 Å². The molecule has 0 aliphatic heterocycles. The van der Waals surface area contributed by atoms with E-state index in [2.05, 4.69) is 9.71 Å². The predicted octanol–water partition coefficient (Wildman–Crippen LogP) is 3.80. The van der Waals surface area contributed by atoms with E-state index in [0.29, 0.717) is 27.9 Å². The molecule has 4 rings (SSSR count). The molecule has 0 fully saturated rings. The molecule has 1 aromatic heterocycles. The third-order valence-electron chi connectivity index (χ3n) is 4.69. The van der Waals surface area contributed by atoms with Crippen LogP contribution in [-0.2, 0) is 10.0 Å². The fourth-order valence-corrected chi connectivity index (χ4v) is 4.33. The number of pyridine rings is 1. The van der Waals surface area contributed by atoms with E-state index in [0.717, 1.165) is 10.8 Å². The minimum absolute atomic E-state index is 0.138. The Hall–Kier alpha value is -3.32. The summed E-state index contributed by atoms with van der Waals surface area (Å²) in [6, 6.07) is 16.9. The molecule has 0 amide bonds. The van der Waals surface area contributed by atoms with Crippen LogP contribution in [0.3, 0.4) is 0 Å². The smallest absolute Gasteiger partial charge is 0.261 e. The number of H-pyrrole nitrogens is 1. The van der Waals surface area contributed by atoms with E-state index in [1.54, 1.807) is 43.3 Å². The number of methoxy groups -OCH3 is 1. The standard InChI is InChI=1S/C21H18N2O4S/c1-13-11-20-18(16-5-3-4-6-17(16)21(24)22-20)12-19(13)23-28(25,26)15-9-7-14(27-2)8-10-15/h3-12,23H,1-2H3,(H,22,24). The van der Waals surface area contributed by atoms with Crippen LogP contribution in [-0.4, -0.2) is 20.5 Å². The van der Waals surface area contributed by atoms with E-state index in [1.165, 1.54) is 19.2 Å². The lowest BCUT2D eigenvalue weighted by Crippen LogP contribution is -2.14. The van der Waals surface area contributed by atoms with Gasteiger partial charge in [0.1, 0.15) is 5.75 Å². The maximum Gasteiger partial charge on any atom is 0.261 e. The van der Waals surface area contributed by atoms with E-state index >= 15 is 0 Å². The van der Waals surface area contributed by atoms with E-state index in [9.17, 15) is 13.2 Å². The molecule has 0 unspecified atom stereocenters. The van der Waals surface area contributed by atoms with Gasteiger partial charge in [0.2, 0.25) is 0 Å². The number of benzene rings is 3. The van der Waals surface area contributed by atoms with E-state index in [-0.39, 0.29) is 10.5 Å². The van der Waals surface area contributed by atoms with Gasteiger partial charge in [0.05, 0.1) is 17.7 Å². The van der Waals surface area contributed by atoms with Crippen LogP contribution in [0.1, 0.15) is 5.56 Å². The quantitative estimate of drug-likeness (QED) is 0.515. The Morgan fingerprint density at radius 1 is 0.929 bits per heavy atom. The second-order valence-corrected chi connectivity index (χ2v) is 8.18. The number of nitrogens with one attached hydrogen (secondary N) is 2. The zero-order chi connectivity index (χ0) is 19.9. The highest BCUT2D eigenvalue weighted by atomic mass is 32.2. The van der Waals surface area contributed by atoms with Crippen LogP contribution in [0.2, 0.25) is 0 Å². The molecular formula is C21H18N2O4S. The summed E-state index contributed by atoms with van der Waals surface area (Å²) in [7, 11) is -2.25. The number of anilines is 1. The lowest BCUT2D eigenvalue weighted by Gasteiger charge is -2.13. The molecule has 6 nitrogen and oxygen atoms in total. The highest BCUT2D eigenvalue weighted by Gasteiger charge is 2.17. The maximum absolute atomic E-state index is 12.8. The minimum atomic E-state index is -3.77. The molecule has 3 aromatic carbocycles. The number of aromatic amines is 1. The molecule has 0 atom stereocenters. The van der Waals surface area contributed by atoms with E-state index < -0.39 is 10.0 Å². The molecule has 7 heteroatoms. The summed E-state index contributed by atoms with van der Waals surface area (Å²) >= 11 is 0. The molecule has 2 N–H and O–H groups in total. The Balaban J connectivity index is 1.84. The number of aryl methyl sites for hydroxylation is 1. The average molecular weight is 394 g/mol. The van der Waals surface area contributed by atoms with Crippen molar-refractivity contribution in [1.82, 2.24) is 4.98 Å². The summed E-state index contributed by atoms with van der Waals surface area (Å²) in [4.78, 5) is 15.3. The van der Waals surface area contributed by atoms with Gasteiger partial charge in [0.25, 0.3) is 15.6 Å². The van der Waals surface area contributed by atoms with Crippen LogP contribution in [0.25, 0.3) is 21.7 Å². The lowest BCUT2D eigenvalue weighted by molar-refractivity contribution is 0.414. The number of hydrogen-bond acceptors (Lipinski definition) is 4. The Kier molecular flexibility index (Phi) is 4.31. The van der Waals surface area contributed by atoms with Gasteiger partial charge in [-0.05, 0) is 60.3 Å². The Bertz CT molecular complexity index is 1360. The first-order valence-corrected chi connectivity index (χ1v) is 10.1. The largest absolute Gasteiger partial charge is 0.497 e. The Morgan fingerprint density at radius 3 is 2.29 bits per heavy atom. The zero-order valence-electron chi connectivity index (χ0n) is 15.3. The molecule has 0 aliphatic rings. The van der Waals surface area contributed by atoms with Crippen LogP contribution in [0.5, 0.6) is 5.75 Å². The second kappa shape index (κ2) is 6.69. The average Bonchev–Trinajstić information content (AvgIpc) is 2.69. The molecule has 4 aromatic rings. The number of aromatic nitrogens is 1. The first kappa shape index (κ1) is 18.1. The first-order chi connectivity index (χ1) is 13.4. The van der Waals surface area contributed by atoms with Gasteiger partial charge in [0.15, 0.2) is 0 Å². The number of fused-ring (bicyclic) bond motifs is 3. The van der Waals surface area contributed by atoms with Crippen molar-refractivity contribution in [3.63, 3.8) is 0 Å². The van der Waals surface area contributed by atoms with Crippen LogP contribution in [0, 0.1) is 6.92 Å². The van der Waals surface area contributed by atoms with Crippen molar-refractivity contribution in [1.29, 1.82) is 0 Å².